The normalized spacial score (nSPS) is 16.9. The highest BCUT2D eigenvalue weighted by Crippen LogP contribution is 2.59. The molecule has 0 saturated carbocycles. The van der Waals surface area contributed by atoms with Crippen molar-refractivity contribution < 1.29 is 56.3 Å². The summed E-state index contributed by atoms with van der Waals surface area (Å²) in [5.74, 6) is -2.74. The van der Waals surface area contributed by atoms with E-state index in [2.05, 4.69) is 15.9 Å². The average Bonchev–Trinajstić information content (AvgIpc) is 3.70. The van der Waals surface area contributed by atoms with E-state index in [0.29, 0.717) is 11.1 Å². The molecule has 7 rings (SSSR count). The fourth-order valence-electron chi connectivity index (χ4n) is 7.19. The van der Waals surface area contributed by atoms with Gasteiger partial charge < -0.3 is 0 Å². The van der Waals surface area contributed by atoms with E-state index < -0.39 is 79.6 Å². The van der Waals surface area contributed by atoms with Crippen LogP contribution >= 0.6 is 15.9 Å². The van der Waals surface area contributed by atoms with Crippen molar-refractivity contribution in [2.75, 3.05) is 21.3 Å². The summed E-state index contributed by atoms with van der Waals surface area (Å²) in [4.78, 5) is -1.51. The zero-order chi connectivity index (χ0) is 44.2. The van der Waals surface area contributed by atoms with Gasteiger partial charge in [0.25, 0.3) is 40.5 Å². The van der Waals surface area contributed by atoms with Crippen LogP contribution in [0.5, 0.6) is 0 Å². The van der Waals surface area contributed by atoms with Crippen molar-refractivity contribution in [1.29, 1.82) is 0 Å². The van der Waals surface area contributed by atoms with Crippen LogP contribution in [0.25, 0.3) is 33.4 Å². The molecule has 0 spiro atoms. The van der Waals surface area contributed by atoms with Gasteiger partial charge in [0.05, 0.1) is 36.6 Å². The van der Waals surface area contributed by atoms with Crippen molar-refractivity contribution in [3.63, 3.8) is 0 Å². The van der Waals surface area contributed by atoms with Gasteiger partial charge in [-0.2, -0.15) is 33.7 Å². The van der Waals surface area contributed by atoms with E-state index in [1.807, 2.05) is 0 Å². The van der Waals surface area contributed by atoms with E-state index in [-0.39, 0.29) is 82.7 Å². The second-order valence-corrected chi connectivity index (χ2v) is 20.3. The first-order valence-corrected chi connectivity index (χ1v) is 23.0. The molecule has 56 heavy (non-hydrogen) atoms. The number of aryl methyl sites for hydroxylation is 2. The third kappa shape index (κ3) is 6.88. The molecular weight excluding hydrogens is 869 g/mol. The van der Waals surface area contributed by atoms with Crippen LogP contribution in [0.4, 0.5) is 0 Å². The molecule has 0 saturated heterocycles. The van der Waals surface area contributed by atoms with Crippen molar-refractivity contribution >= 4 is 67.5 Å². The van der Waals surface area contributed by atoms with Crippen LogP contribution in [-0.4, -0.2) is 59.6 Å². The molecule has 1 N–H and O–H groups in total. The van der Waals surface area contributed by atoms with Gasteiger partial charge in [-0.15, -0.1) is 0 Å². The Balaban J connectivity index is 1.84. The molecular formula is C39H33BrO12S4. The second-order valence-electron chi connectivity index (χ2n) is 12.9. The lowest BCUT2D eigenvalue weighted by molar-refractivity contribution is 0.396. The Hall–Kier alpha value is -4.04. The maximum Gasteiger partial charge on any atom is 0.297 e. The fourth-order valence-corrected chi connectivity index (χ4v) is 10.6. The van der Waals surface area contributed by atoms with Crippen LogP contribution in [0.2, 0.25) is 0 Å². The minimum Gasteiger partial charge on any atom is -0.285 e. The molecule has 2 aliphatic rings. The summed E-state index contributed by atoms with van der Waals surface area (Å²) in [6, 6.07) is 12.4. The molecule has 292 valence electrons. The van der Waals surface area contributed by atoms with E-state index in [1.165, 1.54) is 49.4 Å². The summed E-state index contributed by atoms with van der Waals surface area (Å²) >= 11 is 3.41. The van der Waals surface area contributed by atoms with E-state index in [1.54, 1.807) is 19.1 Å². The summed E-state index contributed by atoms with van der Waals surface area (Å²) < 4.78 is 169. The van der Waals surface area contributed by atoms with Crippen molar-refractivity contribution in [1.82, 2.24) is 0 Å². The van der Waals surface area contributed by atoms with E-state index >= 15 is 0 Å². The van der Waals surface area contributed by atoms with Gasteiger partial charge in [-0.3, -0.25) is 17.1 Å². The zero-order valence-corrected chi connectivity index (χ0v) is 34.9. The summed E-state index contributed by atoms with van der Waals surface area (Å²) in [5, 5.41) is 0. The number of rotatable bonds is 10. The van der Waals surface area contributed by atoms with Crippen LogP contribution < -0.4 is 0 Å². The zero-order valence-electron chi connectivity index (χ0n) is 34.0. The molecule has 1 unspecified atom stereocenters. The number of fused-ring (bicyclic) bond motifs is 6. The topological polar surface area (TPSA) is 184 Å². The van der Waals surface area contributed by atoms with Gasteiger partial charge in [-0.1, -0.05) is 70.0 Å². The molecule has 0 radical (unpaired) electrons. The van der Waals surface area contributed by atoms with Gasteiger partial charge in [0.15, 0.2) is 0 Å². The van der Waals surface area contributed by atoms with Gasteiger partial charge in [0.2, 0.25) is 0 Å². The van der Waals surface area contributed by atoms with E-state index in [4.69, 9.17) is 12.5 Å². The SMILES string of the molecule is [2H]c1c(Br)ccc2c1/C(=C(/c1ccc(C)c(S(=O)(=O)OC)c1)C1c3c(ccc(C)c3[2H])-c3c(S(=O)(=O)OC)cc(CS(=O)(=O)O)c([2H])c31)c1c-2ccc(S(=O)(=O)OC)c1[2H]. The number of allylic oxidation sites excluding steroid dienone is 1. The highest BCUT2D eigenvalue weighted by molar-refractivity contribution is 9.10. The average molecular weight is 906 g/mol. The Kier molecular flexibility index (Phi) is 8.85. The molecule has 12 nitrogen and oxygen atoms in total. The molecule has 0 aromatic heterocycles. The van der Waals surface area contributed by atoms with Crippen molar-refractivity contribution in [3.05, 3.63) is 134 Å². The van der Waals surface area contributed by atoms with Crippen LogP contribution in [0, 0.1) is 13.8 Å². The number of hydrogen-bond acceptors (Lipinski definition) is 11. The predicted molar refractivity (Wildman–Crippen MR) is 213 cm³/mol. The molecule has 2 aliphatic carbocycles. The Morgan fingerprint density at radius 3 is 1.93 bits per heavy atom. The third-order valence-electron chi connectivity index (χ3n) is 9.57. The fraction of sp³-hybridized carbons (Fsp3) is 0.179. The highest BCUT2D eigenvalue weighted by atomic mass is 79.9. The highest BCUT2D eigenvalue weighted by Gasteiger charge is 2.41. The van der Waals surface area contributed by atoms with Crippen molar-refractivity contribution in [2.45, 2.75) is 40.2 Å². The van der Waals surface area contributed by atoms with Gasteiger partial charge in [-0.05, 0) is 117 Å². The quantitative estimate of drug-likeness (QED) is 0.108. The minimum absolute atomic E-state index is 0.0190. The predicted octanol–water partition coefficient (Wildman–Crippen LogP) is 7.21. The van der Waals surface area contributed by atoms with Crippen LogP contribution in [0.3, 0.4) is 0 Å². The Morgan fingerprint density at radius 2 is 1.29 bits per heavy atom. The first-order valence-electron chi connectivity index (χ1n) is 18.3. The van der Waals surface area contributed by atoms with Crippen LogP contribution in [-0.2, 0) is 58.8 Å². The molecule has 0 heterocycles. The largest absolute Gasteiger partial charge is 0.297 e. The number of halogens is 1. The Morgan fingerprint density at radius 1 is 0.679 bits per heavy atom. The first kappa shape index (κ1) is 35.1. The number of benzene rings is 5. The van der Waals surface area contributed by atoms with Crippen LogP contribution in [0.15, 0.2) is 104 Å². The van der Waals surface area contributed by atoms with E-state index in [0.717, 1.165) is 27.4 Å². The lowest BCUT2D eigenvalue weighted by Gasteiger charge is -2.25. The Bertz CT molecular complexity index is 3240. The molecule has 0 bridgehead atoms. The lowest BCUT2D eigenvalue weighted by atomic mass is 9.79. The van der Waals surface area contributed by atoms with Crippen molar-refractivity contribution in [2.24, 2.45) is 0 Å². The van der Waals surface area contributed by atoms with Gasteiger partial charge >= 0.3 is 0 Å². The molecule has 5 aromatic rings. The third-order valence-corrected chi connectivity index (χ3v) is 14.6. The number of hydrogen-bond donors (Lipinski definition) is 1. The summed E-state index contributed by atoms with van der Waals surface area (Å²) in [6.07, 6.45) is 0. The smallest absolute Gasteiger partial charge is 0.285 e. The standard InChI is InChI=1S/C39H33BrO12S4/c1-21-6-11-29-30(14-21)39(33-15-23(20-53(41,42)43)16-35(37(29)33)56(48,49)52-5)36(24-8-7-22(2)34(17-24)55(46,47)51-4)38-31-18-25(40)9-12-27(31)28-13-10-26(19-32(28)38)54(44,45)50-3/h6-19,39H,20H2,1-5H3,(H,41,42,43)/b38-36+/i14D,15D,18D,19D. The van der Waals surface area contributed by atoms with Gasteiger partial charge in [-0.25, -0.2) is 0 Å². The molecule has 5 aromatic carbocycles. The van der Waals surface area contributed by atoms with Gasteiger partial charge in [0.1, 0.15) is 10.6 Å². The van der Waals surface area contributed by atoms with Crippen LogP contribution in [0.1, 0.15) is 55.9 Å². The van der Waals surface area contributed by atoms with Crippen molar-refractivity contribution in [3.8, 4) is 22.3 Å². The molecule has 0 amide bonds. The summed E-state index contributed by atoms with van der Waals surface area (Å²) in [5.41, 5.74) is 0.584. The first-order chi connectivity index (χ1) is 27.9. The summed E-state index contributed by atoms with van der Waals surface area (Å²) in [6.45, 7) is 3.11. The molecule has 0 aliphatic heterocycles. The minimum atomic E-state index is -4.93. The maximum absolute atomic E-state index is 13.8. The lowest BCUT2D eigenvalue weighted by Crippen LogP contribution is -2.11. The maximum atomic E-state index is 13.8. The monoisotopic (exact) mass is 904 g/mol. The second kappa shape index (κ2) is 14.1. The molecule has 17 heteroatoms. The molecule has 0 fully saturated rings. The van der Waals surface area contributed by atoms with E-state index in [9.17, 15) is 43.7 Å². The van der Waals surface area contributed by atoms with Gasteiger partial charge in [0, 0.05) is 16.0 Å². The summed E-state index contributed by atoms with van der Waals surface area (Å²) in [7, 11) is -16.0. The Labute approximate surface area is 339 Å². The molecule has 1 atom stereocenters.